The standard InChI is InChI=1S/C58H111NO5/c1-4-7-10-13-16-19-22-25-28-30-32-35-38-41-44-47-50-56(61)55(53-60)59-57(62)52-54(49-46-43-40-37-34-31-27-24-21-18-15-12-9-6-3)64-58(63)51-48-45-42-39-36-33-29-26-23-20-17-14-11-8-5-2/h31,34,37,40,54-56,60-61H,4-30,32-33,35-36,38-39,41-53H2,1-3H3,(H,59,62)/b34-31+,40-37+. The summed E-state index contributed by atoms with van der Waals surface area (Å²) in [6, 6.07) is -0.712. The summed E-state index contributed by atoms with van der Waals surface area (Å²) in [5.74, 6) is -0.503. The van der Waals surface area contributed by atoms with Gasteiger partial charge in [0.05, 0.1) is 25.2 Å². The molecule has 3 unspecified atom stereocenters. The molecule has 64 heavy (non-hydrogen) atoms. The first-order valence-electron chi connectivity index (χ1n) is 28.6. The monoisotopic (exact) mass is 902 g/mol. The molecule has 0 rings (SSSR count). The van der Waals surface area contributed by atoms with E-state index in [-0.39, 0.29) is 24.9 Å². The third kappa shape index (κ3) is 46.9. The highest BCUT2D eigenvalue weighted by molar-refractivity contribution is 5.77. The molecule has 0 bridgehead atoms. The zero-order chi connectivity index (χ0) is 46.7. The van der Waals surface area contributed by atoms with Crippen LogP contribution in [0.15, 0.2) is 24.3 Å². The number of unbranched alkanes of at least 4 members (excludes halogenated alkanes) is 37. The highest BCUT2D eigenvalue weighted by atomic mass is 16.5. The quantitative estimate of drug-likeness (QED) is 0.0321. The Labute approximate surface area is 399 Å². The maximum atomic E-state index is 13.2. The molecule has 6 heteroatoms. The number of hydrogen-bond donors (Lipinski definition) is 3. The van der Waals surface area contributed by atoms with Crippen molar-refractivity contribution in [2.45, 2.75) is 328 Å². The molecular formula is C58H111NO5. The van der Waals surface area contributed by atoms with Gasteiger partial charge in [-0.3, -0.25) is 9.59 Å². The predicted molar refractivity (Wildman–Crippen MR) is 278 cm³/mol. The smallest absolute Gasteiger partial charge is 0.306 e. The summed E-state index contributed by atoms with van der Waals surface area (Å²) >= 11 is 0. The van der Waals surface area contributed by atoms with Crippen LogP contribution in [0.25, 0.3) is 0 Å². The number of nitrogens with one attached hydrogen (secondary N) is 1. The topological polar surface area (TPSA) is 95.9 Å². The van der Waals surface area contributed by atoms with Gasteiger partial charge in [-0.1, -0.05) is 276 Å². The van der Waals surface area contributed by atoms with Crippen LogP contribution in [0.3, 0.4) is 0 Å². The average Bonchev–Trinajstić information content (AvgIpc) is 3.29. The molecule has 0 aliphatic rings. The molecule has 0 aliphatic heterocycles. The van der Waals surface area contributed by atoms with Crippen LogP contribution in [-0.2, 0) is 14.3 Å². The zero-order valence-corrected chi connectivity index (χ0v) is 43.2. The zero-order valence-electron chi connectivity index (χ0n) is 43.2. The van der Waals surface area contributed by atoms with Crippen molar-refractivity contribution >= 4 is 11.9 Å². The molecule has 0 aliphatic carbocycles. The number of amides is 1. The lowest BCUT2D eigenvalue weighted by atomic mass is 10.0. The van der Waals surface area contributed by atoms with Gasteiger partial charge in [0.25, 0.3) is 0 Å². The fraction of sp³-hybridized carbons (Fsp3) is 0.897. The van der Waals surface area contributed by atoms with Crippen molar-refractivity contribution in [3.63, 3.8) is 0 Å². The SMILES string of the molecule is CCCCCCCCC/C=C/C=C/CCCC(CC(=O)NC(CO)C(O)CCCCCCCCCCCCCCCCCC)OC(=O)CCCCCCCCCCCCCCCCC. The molecule has 0 fully saturated rings. The number of carbonyl (C=O) groups excluding carboxylic acids is 2. The van der Waals surface area contributed by atoms with Gasteiger partial charge in [-0.05, 0) is 44.9 Å². The molecule has 6 nitrogen and oxygen atoms in total. The molecule has 378 valence electrons. The Hall–Kier alpha value is -1.66. The van der Waals surface area contributed by atoms with Gasteiger partial charge in [0, 0.05) is 6.42 Å². The molecule has 0 radical (unpaired) electrons. The summed E-state index contributed by atoms with van der Waals surface area (Å²) in [4.78, 5) is 26.2. The largest absolute Gasteiger partial charge is 0.462 e. The Morgan fingerprint density at radius 3 is 1.19 bits per heavy atom. The lowest BCUT2D eigenvalue weighted by molar-refractivity contribution is -0.151. The van der Waals surface area contributed by atoms with Gasteiger partial charge in [-0.25, -0.2) is 0 Å². The highest BCUT2D eigenvalue weighted by Crippen LogP contribution is 2.18. The van der Waals surface area contributed by atoms with Crippen molar-refractivity contribution in [2.75, 3.05) is 6.61 Å². The van der Waals surface area contributed by atoms with Crippen LogP contribution < -0.4 is 5.32 Å². The van der Waals surface area contributed by atoms with Gasteiger partial charge >= 0.3 is 5.97 Å². The van der Waals surface area contributed by atoms with Crippen LogP contribution in [0.5, 0.6) is 0 Å². The van der Waals surface area contributed by atoms with Crippen molar-refractivity contribution in [1.29, 1.82) is 0 Å². The van der Waals surface area contributed by atoms with Crippen LogP contribution in [-0.4, -0.2) is 46.9 Å². The number of aliphatic hydroxyl groups excluding tert-OH is 2. The highest BCUT2D eigenvalue weighted by Gasteiger charge is 2.24. The van der Waals surface area contributed by atoms with Crippen LogP contribution >= 0.6 is 0 Å². The fourth-order valence-electron chi connectivity index (χ4n) is 8.96. The Kier molecular flexibility index (Phi) is 51.0. The number of rotatable bonds is 52. The van der Waals surface area contributed by atoms with Gasteiger partial charge in [0.1, 0.15) is 6.10 Å². The molecule has 1 amide bonds. The normalized spacial score (nSPS) is 13.3. The first kappa shape index (κ1) is 62.3. The maximum Gasteiger partial charge on any atom is 0.306 e. The van der Waals surface area contributed by atoms with Crippen molar-refractivity contribution < 1.29 is 24.5 Å². The van der Waals surface area contributed by atoms with E-state index in [9.17, 15) is 19.8 Å². The summed E-state index contributed by atoms with van der Waals surface area (Å²) in [6.07, 6.45) is 61.0. The second-order valence-corrected chi connectivity index (χ2v) is 19.7. The van der Waals surface area contributed by atoms with Crippen LogP contribution in [0, 0.1) is 0 Å². The first-order valence-corrected chi connectivity index (χ1v) is 28.6. The summed E-state index contributed by atoms with van der Waals surface area (Å²) in [7, 11) is 0. The van der Waals surface area contributed by atoms with E-state index < -0.39 is 18.2 Å². The summed E-state index contributed by atoms with van der Waals surface area (Å²) < 4.78 is 5.93. The minimum absolute atomic E-state index is 0.0505. The van der Waals surface area contributed by atoms with Crippen LogP contribution in [0.2, 0.25) is 0 Å². The van der Waals surface area contributed by atoms with Gasteiger partial charge < -0.3 is 20.3 Å². The number of hydrogen-bond acceptors (Lipinski definition) is 5. The number of allylic oxidation sites excluding steroid dienone is 4. The van der Waals surface area contributed by atoms with Crippen LogP contribution in [0.1, 0.15) is 310 Å². The number of esters is 1. The van der Waals surface area contributed by atoms with Crippen LogP contribution in [0.4, 0.5) is 0 Å². The first-order chi connectivity index (χ1) is 31.5. The van der Waals surface area contributed by atoms with E-state index in [4.69, 9.17) is 4.74 Å². The Morgan fingerprint density at radius 1 is 0.453 bits per heavy atom. The predicted octanol–water partition coefficient (Wildman–Crippen LogP) is 17.5. The molecule has 3 atom stereocenters. The van der Waals surface area contributed by atoms with E-state index >= 15 is 0 Å². The van der Waals surface area contributed by atoms with E-state index in [1.807, 2.05) is 0 Å². The summed E-state index contributed by atoms with van der Waals surface area (Å²) in [6.45, 7) is 6.50. The lowest BCUT2D eigenvalue weighted by Gasteiger charge is -2.24. The molecule has 0 aromatic rings. The van der Waals surface area contributed by atoms with E-state index in [1.165, 1.54) is 205 Å². The van der Waals surface area contributed by atoms with Gasteiger partial charge in [0.15, 0.2) is 0 Å². The molecule has 3 N–H and O–H groups in total. The molecule has 0 spiro atoms. The molecule has 0 heterocycles. The third-order valence-electron chi connectivity index (χ3n) is 13.3. The van der Waals surface area contributed by atoms with Crippen molar-refractivity contribution in [2.24, 2.45) is 0 Å². The summed E-state index contributed by atoms with van der Waals surface area (Å²) in [5.41, 5.74) is 0. The molecule has 0 aromatic carbocycles. The van der Waals surface area contributed by atoms with E-state index in [0.717, 1.165) is 57.8 Å². The summed E-state index contributed by atoms with van der Waals surface area (Å²) in [5, 5.41) is 23.9. The van der Waals surface area contributed by atoms with Gasteiger partial charge in [-0.15, -0.1) is 0 Å². The maximum absolute atomic E-state index is 13.2. The molecular weight excluding hydrogens is 791 g/mol. The van der Waals surface area contributed by atoms with Gasteiger partial charge in [0.2, 0.25) is 5.91 Å². The third-order valence-corrected chi connectivity index (χ3v) is 13.3. The van der Waals surface area contributed by atoms with E-state index in [1.54, 1.807) is 0 Å². The van der Waals surface area contributed by atoms with Gasteiger partial charge in [-0.2, -0.15) is 0 Å². The Morgan fingerprint density at radius 2 is 0.797 bits per heavy atom. The minimum atomic E-state index is -0.796. The van der Waals surface area contributed by atoms with E-state index in [0.29, 0.717) is 19.3 Å². The van der Waals surface area contributed by atoms with Crippen molar-refractivity contribution in [1.82, 2.24) is 5.32 Å². The Balaban J connectivity index is 4.55. The van der Waals surface area contributed by atoms with Crippen molar-refractivity contribution in [3.05, 3.63) is 24.3 Å². The number of ether oxygens (including phenoxy) is 1. The molecule has 0 saturated heterocycles. The van der Waals surface area contributed by atoms with Crippen molar-refractivity contribution in [3.8, 4) is 0 Å². The number of aliphatic hydroxyl groups is 2. The number of carbonyl (C=O) groups is 2. The van der Waals surface area contributed by atoms with E-state index in [2.05, 4.69) is 50.4 Å². The Bertz CT molecular complexity index is 1010. The minimum Gasteiger partial charge on any atom is -0.462 e. The lowest BCUT2D eigenvalue weighted by Crippen LogP contribution is -2.46. The molecule has 0 saturated carbocycles. The molecule has 0 aromatic heterocycles. The second kappa shape index (κ2) is 52.3. The second-order valence-electron chi connectivity index (χ2n) is 19.7. The average molecular weight is 903 g/mol. The fourth-order valence-corrected chi connectivity index (χ4v) is 8.96.